The zero-order valence-corrected chi connectivity index (χ0v) is 16.9. The molecule has 0 saturated heterocycles. The normalized spacial score (nSPS) is 10.7. The molecule has 2 heterocycles. The minimum Gasteiger partial charge on any atom is -0.376 e. The Hall–Kier alpha value is -3.78. The molecule has 150 valence electrons. The zero-order valence-electron chi connectivity index (χ0n) is 16.1. The lowest BCUT2D eigenvalue weighted by atomic mass is 10.1. The number of thiophene rings is 1. The lowest BCUT2D eigenvalue weighted by Crippen LogP contribution is -2.22. The number of carbonyl (C=O) groups is 1. The van der Waals surface area contributed by atoms with Crippen LogP contribution < -0.4 is 5.32 Å². The number of hydrogen-bond donors (Lipinski definition) is 1. The van der Waals surface area contributed by atoms with Gasteiger partial charge in [0.15, 0.2) is 0 Å². The molecular weight excluding hydrogens is 400 g/mol. The monoisotopic (exact) mass is 418 g/mol. The van der Waals surface area contributed by atoms with Gasteiger partial charge in [-0.3, -0.25) is 14.9 Å². The van der Waals surface area contributed by atoms with Gasteiger partial charge in [-0.25, -0.2) is 0 Å². The van der Waals surface area contributed by atoms with Crippen LogP contribution in [0.3, 0.4) is 0 Å². The number of carbonyl (C=O) groups excluding carboxylic acids is 1. The minimum absolute atomic E-state index is 0.0353. The molecule has 0 saturated carbocycles. The molecule has 2 aromatic heterocycles. The molecule has 0 amide bonds. The number of aromatic nitrogens is 2. The number of rotatable bonds is 6. The molecule has 0 spiro atoms. The second-order valence-corrected chi connectivity index (χ2v) is 7.76. The fourth-order valence-electron chi connectivity index (χ4n) is 2.99. The van der Waals surface area contributed by atoms with Crippen LogP contribution >= 0.6 is 11.3 Å². The van der Waals surface area contributed by atoms with Crippen LogP contribution in [0.1, 0.15) is 10.4 Å². The molecule has 0 fully saturated rings. The number of nitrogens with one attached hydrogen (secondary N) is 1. The molecule has 0 unspecified atom stereocenters. The SMILES string of the molecule is Cc1ccc(NCC(=O)n2nc(-c3ccc([N+](=O)[O-])s3)cc2-c2ccccc2)cc1. The molecule has 0 aliphatic carbocycles. The lowest BCUT2D eigenvalue weighted by Gasteiger charge is -2.09. The first-order valence-corrected chi connectivity index (χ1v) is 10.1. The first-order chi connectivity index (χ1) is 14.5. The summed E-state index contributed by atoms with van der Waals surface area (Å²) in [6.45, 7) is 2.07. The maximum absolute atomic E-state index is 13.0. The maximum atomic E-state index is 13.0. The molecule has 7 nitrogen and oxygen atoms in total. The van der Waals surface area contributed by atoms with Crippen molar-refractivity contribution in [2.45, 2.75) is 6.92 Å². The molecule has 2 aromatic carbocycles. The Morgan fingerprint density at radius 3 is 2.50 bits per heavy atom. The average Bonchev–Trinajstić information content (AvgIpc) is 3.41. The third-order valence-electron chi connectivity index (χ3n) is 4.53. The highest BCUT2D eigenvalue weighted by Crippen LogP contribution is 2.34. The van der Waals surface area contributed by atoms with Crippen molar-refractivity contribution >= 4 is 27.9 Å². The van der Waals surface area contributed by atoms with Crippen molar-refractivity contribution in [2.75, 3.05) is 11.9 Å². The Bertz CT molecular complexity index is 1200. The first-order valence-electron chi connectivity index (χ1n) is 9.25. The predicted octanol–water partition coefficient (Wildman–Crippen LogP) is 5.25. The Balaban J connectivity index is 1.66. The standard InChI is InChI=1S/C22H18N4O3S/c1-15-7-9-17(10-8-15)23-14-21(27)25-19(16-5-3-2-4-6-16)13-18(24-25)20-11-12-22(30-20)26(28)29/h2-13,23H,14H2,1H3. The summed E-state index contributed by atoms with van der Waals surface area (Å²) < 4.78 is 1.36. The second kappa shape index (κ2) is 8.30. The summed E-state index contributed by atoms with van der Waals surface area (Å²) in [5, 5.41) is 18.6. The third kappa shape index (κ3) is 4.13. The fourth-order valence-corrected chi connectivity index (χ4v) is 3.77. The molecule has 1 N–H and O–H groups in total. The van der Waals surface area contributed by atoms with Crippen LogP contribution in [-0.4, -0.2) is 27.2 Å². The zero-order chi connectivity index (χ0) is 21.1. The van der Waals surface area contributed by atoms with Crippen molar-refractivity contribution < 1.29 is 9.72 Å². The van der Waals surface area contributed by atoms with E-state index >= 15 is 0 Å². The number of aryl methyl sites for hydroxylation is 1. The molecule has 0 aliphatic heterocycles. The van der Waals surface area contributed by atoms with Gasteiger partial charge in [0.05, 0.1) is 22.0 Å². The largest absolute Gasteiger partial charge is 0.376 e. The van der Waals surface area contributed by atoms with E-state index in [1.54, 1.807) is 12.1 Å². The van der Waals surface area contributed by atoms with Crippen LogP contribution in [0.25, 0.3) is 21.8 Å². The molecule has 0 bridgehead atoms. The Kier molecular flexibility index (Phi) is 5.40. The Morgan fingerprint density at radius 2 is 1.83 bits per heavy atom. The summed E-state index contributed by atoms with van der Waals surface area (Å²) >= 11 is 1.03. The van der Waals surface area contributed by atoms with Gasteiger partial charge < -0.3 is 5.32 Å². The molecular formula is C22H18N4O3S. The summed E-state index contributed by atoms with van der Waals surface area (Å²) in [5.41, 5.74) is 3.98. The van der Waals surface area contributed by atoms with E-state index in [9.17, 15) is 14.9 Å². The number of hydrogen-bond acceptors (Lipinski definition) is 6. The van der Waals surface area contributed by atoms with E-state index in [0.29, 0.717) is 16.3 Å². The van der Waals surface area contributed by atoms with E-state index in [2.05, 4.69) is 10.4 Å². The number of benzene rings is 2. The summed E-state index contributed by atoms with van der Waals surface area (Å²) in [7, 11) is 0. The lowest BCUT2D eigenvalue weighted by molar-refractivity contribution is -0.380. The van der Waals surface area contributed by atoms with Crippen molar-refractivity contribution in [1.29, 1.82) is 0 Å². The van der Waals surface area contributed by atoms with Crippen LogP contribution in [0.5, 0.6) is 0 Å². The highest BCUT2D eigenvalue weighted by Gasteiger charge is 2.19. The molecule has 0 atom stereocenters. The van der Waals surface area contributed by atoms with Crippen LogP contribution in [0.4, 0.5) is 10.7 Å². The Morgan fingerprint density at radius 1 is 1.10 bits per heavy atom. The first kappa shape index (κ1) is 19.5. The number of nitrogens with zero attached hydrogens (tertiary/aromatic N) is 3. The molecule has 0 radical (unpaired) electrons. The van der Waals surface area contributed by atoms with Crippen molar-refractivity contribution in [1.82, 2.24) is 9.78 Å². The van der Waals surface area contributed by atoms with Crippen molar-refractivity contribution in [3.63, 3.8) is 0 Å². The van der Waals surface area contributed by atoms with Gasteiger partial charge >= 0.3 is 5.00 Å². The van der Waals surface area contributed by atoms with Gasteiger partial charge in [-0.2, -0.15) is 9.78 Å². The third-order valence-corrected chi connectivity index (χ3v) is 5.59. The predicted molar refractivity (Wildman–Crippen MR) is 118 cm³/mol. The van der Waals surface area contributed by atoms with Gasteiger partial charge in [0.1, 0.15) is 5.69 Å². The van der Waals surface area contributed by atoms with Gasteiger partial charge in [-0.1, -0.05) is 59.4 Å². The topological polar surface area (TPSA) is 90.1 Å². The molecule has 4 aromatic rings. The van der Waals surface area contributed by atoms with E-state index in [-0.39, 0.29) is 17.5 Å². The van der Waals surface area contributed by atoms with Gasteiger partial charge in [-0.15, -0.1) is 0 Å². The van der Waals surface area contributed by atoms with Crippen molar-refractivity contribution in [3.8, 4) is 21.8 Å². The van der Waals surface area contributed by atoms with E-state index in [1.807, 2.05) is 61.5 Å². The highest BCUT2D eigenvalue weighted by atomic mass is 32.1. The average molecular weight is 418 g/mol. The maximum Gasteiger partial charge on any atom is 0.324 e. The Labute approximate surface area is 176 Å². The smallest absolute Gasteiger partial charge is 0.324 e. The van der Waals surface area contributed by atoms with Gasteiger partial charge in [0.25, 0.3) is 5.91 Å². The van der Waals surface area contributed by atoms with Crippen molar-refractivity contribution in [3.05, 3.63) is 88.5 Å². The van der Waals surface area contributed by atoms with Crippen LogP contribution in [0.15, 0.2) is 72.8 Å². The fraction of sp³-hybridized carbons (Fsp3) is 0.0909. The molecule has 8 heteroatoms. The van der Waals surface area contributed by atoms with Crippen molar-refractivity contribution in [2.24, 2.45) is 0 Å². The van der Waals surface area contributed by atoms with Gasteiger partial charge in [0, 0.05) is 17.3 Å². The summed E-state index contributed by atoms with van der Waals surface area (Å²) in [4.78, 5) is 24.2. The van der Waals surface area contributed by atoms with Crippen LogP contribution in [0.2, 0.25) is 0 Å². The number of nitro groups is 1. The molecule has 0 aliphatic rings. The quantitative estimate of drug-likeness (QED) is 0.341. The van der Waals surface area contributed by atoms with E-state index < -0.39 is 4.92 Å². The highest BCUT2D eigenvalue weighted by molar-refractivity contribution is 7.18. The van der Waals surface area contributed by atoms with Gasteiger partial charge in [-0.05, 0) is 31.2 Å². The van der Waals surface area contributed by atoms with Crippen LogP contribution in [-0.2, 0) is 0 Å². The second-order valence-electron chi connectivity index (χ2n) is 6.70. The van der Waals surface area contributed by atoms with Crippen LogP contribution in [0, 0.1) is 17.0 Å². The van der Waals surface area contributed by atoms with Gasteiger partial charge in [0.2, 0.25) is 0 Å². The van der Waals surface area contributed by atoms with E-state index in [0.717, 1.165) is 28.2 Å². The summed E-state index contributed by atoms with van der Waals surface area (Å²) in [6, 6.07) is 22.1. The summed E-state index contributed by atoms with van der Waals surface area (Å²) in [6.07, 6.45) is 0. The van der Waals surface area contributed by atoms with E-state index in [1.165, 1.54) is 10.7 Å². The molecule has 30 heavy (non-hydrogen) atoms. The summed E-state index contributed by atoms with van der Waals surface area (Å²) in [5.74, 6) is -0.230. The van der Waals surface area contributed by atoms with E-state index in [4.69, 9.17) is 0 Å². The number of anilines is 1. The molecule has 4 rings (SSSR count). The minimum atomic E-state index is -0.431.